The molecule has 0 saturated heterocycles. The van der Waals surface area contributed by atoms with Gasteiger partial charge in [-0.05, 0) is 38.1 Å². The first-order chi connectivity index (χ1) is 13.0. The molecule has 0 radical (unpaired) electrons. The highest BCUT2D eigenvalue weighted by molar-refractivity contribution is 7.92. The van der Waals surface area contributed by atoms with Gasteiger partial charge in [-0.1, -0.05) is 56.7 Å². The van der Waals surface area contributed by atoms with Crippen LogP contribution in [0.3, 0.4) is 0 Å². The first-order valence-electron chi connectivity index (χ1n) is 9.00. The SMILES string of the molecule is C/C(=N\NC(=O)CN(c1ccc(C)cc1)S(=O)(=O)c1ccccc1)C(C)(C)C. The lowest BCUT2D eigenvalue weighted by Gasteiger charge is -2.24. The van der Waals surface area contributed by atoms with E-state index in [1.54, 1.807) is 30.3 Å². The fourth-order valence-corrected chi connectivity index (χ4v) is 3.67. The normalized spacial score (nSPS) is 12.5. The Balaban J connectivity index is 2.35. The van der Waals surface area contributed by atoms with Gasteiger partial charge in [0.25, 0.3) is 15.9 Å². The van der Waals surface area contributed by atoms with Gasteiger partial charge >= 0.3 is 0 Å². The number of benzene rings is 2. The van der Waals surface area contributed by atoms with Crippen LogP contribution in [-0.2, 0) is 14.8 Å². The molecule has 0 aromatic heterocycles. The summed E-state index contributed by atoms with van der Waals surface area (Å²) in [6.07, 6.45) is 0. The Morgan fingerprint density at radius 3 is 2.14 bits per heavy atom. The minimum atomic E-state index is -3.90. The summed E-state index contributed by atoms with van der Waals surface area (Å²) in [6, 6.07) is 15.1. The molecule has 0 aliphatic rings. The predicted molar refractivity (Wildman–Crippen MR) is 113 cm³/mol. The van der Waals surface area contributed by atoms with Crippen molar-refractivity contribution in [2.24, 2.45) is 10.5 Å². The second-order valence-corrected chi connectivity index (χ2v) is 9.50. The summed E-state index contributed by atoms with van der Waals surface area (Å²) in [5.41, 5.74) is 4.43. The summed E-state index contributed by atoms with van der Waals surface area (Å²) >= 11 is 0. The largest absolute Gasteiger partial charge is 0.271 e. The molecule has 1 amide bonds. The summed E-state index contributed by atoms with van der Waals surface area (Å²) in [5.74, 6) is -0.510. The molecule has 1 N–H and O–H groups in total. The number of hydrazone groups is 1. The van der Waals surface area contributed by atoms with Gasteiger partial charge in [0.05, 0.1) is 10.6 Å². The van der Waals surface area contributed by atoms with E-state index in [4.69, 9.17) is 0 Å². The molecular formula is C21H27N3O3S. The molecule has 0 bridgehead atoms. The molecule has 150 valence electrons. The third-order valence-corrected chi connectivity index (χ3v) is 6.16. The zero-order valence-electron chi connectivity index (χ0n) is 16.9. The molecule has 28 heavy (non-hydrogen) atoms. The minimum Gasteiger partial charge on any atom is -0.271 e. The van der Waals surface area contributed by atoms with Crippen molar-refractivity contribution in [3.63, 3.8) is 0 Å². The second-order valence-electron chi connectivity index (χ2n) is 7.64. The lowest BCUT2D eigenvalue weighted by atomic mass is 9.91. The molecule has 2 aromatic rings. The summed E-state index contributed by atoms with van der Waals surface area (Å²) in [5, 5.41) is 4.11. The van der Waals surface area contributed by atoms with Crippen LogP contribution < -0.4 is 9.73 Å². The third kappa shape index (κ3) is 5.42. The predicted octanol–water partition coefficient (Wildman–Crippen LogP) is 3.73. The van der Waals surface area contributed by atoms with Gasteiger partial charge in [-0.2, -0.15) is 5.10 Å². The smallest absolute Gasteiger partial charge is 0.264 e. The molecule has 0 aliphatic heterocycles. The Kier molecular flexibility index (Phi) is 6.61. The minimum absolute atomic E-state index is 0.123. The van der Waals surface area contributed by atoms with Gasteiger partial charge in [0, 0.05) is 11.1 Å². The van der Waals surface area contributed by atoms with Gasteiger partial charge in [-0.25, -0.2) is 13.8 Å². The summed E-state index contributed by atoms with van der Waals surface area (Å²) < 4.78 is 27.4. The van der Waals surface area contributed by atoms with Gasteiger partial charge in [0.15, 0.2) is 0 Å². The van der Waals surface area contributed by atoms with Gasteiger partial charge in [-0.15, -0.1) is 0 Å². The average molecular weight is 402 g/mol. The van der Waals surface area contributed by atoms with Crippen LogP contribution in [0.25, 0.3) is 0 Å². The van der Waals surface area contributed by atoms with E-state index in [1.165, 1.54) is 12.1 Å². The highest BCUT2D eigenvalue weighted by atomic mass is 32.2. The number of nitrogens with zero attached hydrogens (tertiary/aromatic N) is 2. The number of amides is 1. The Morgan fingerprint density at radius 1 is 1.04 bits per heavy atom. The van der Waals surface area contributed by atoms with Gasteiger partial charge in [-0.3, -0.25) is 9.10 Å². The average Bonchev–Trinajstić information content (AvgIpc) is 2.65. The lowest BCUT2D eigenvalue weighted by Crippen LogP contribution is -2.40. The van der Waals surface area contributed by atoms with Gasteiger partial charge in [0.2, 0.25) is 0 Å². The highest BCUT2D eigenvalue weighted by Gasteiger charge is 2.27. The molecule has 0 spiro atoms. The summed E-state index contributed by atoms with van der Waals surface area (Å²) in [6.45, 7) is 9.31. The summed E-state index contributed by atoms with van der Waals surface area (Å²) in [4.78, 5) is 12.6. The van der Waals surface area contributed by atoms with E-state index in [9.17, 15) is 13.2 Å². The van der Waals surface area contributed by atoms with E-state index in [1.807, 2.05) is 46.8 Å². The van der Waals surface area contributed by atoms with Crippen LogP contribution in [0.4, 0.5) is 5.69 Å². The molecule has 2 rings (SSSR count). The second kappa shape index (κ2) is 8.56. The number of aryl methyl sites for hydroxylation is 1. The lowest BCUT2D eigenvalue weighted by molar-refractivity contribution is -0.119. The first kappa shape index (κ1) is 21.6. The Hall–Kier alpha value is -2.67. The summed E-state index contributed by atoms with van der Waals surface area (Å²) in [7, 11) is -3.90. The van der Waals surface area contributed by atoms with Crippen LogP contribution in [0.5, 0.6) is 0 Å². The number of rotatable bonds is 6. The van der Waals surface area contributed by atoms with Crippen molar-refractivity contribution in [3.8, 4) is 0 Å². The standard InChI is InChI=1S/C21H27N3O3S/c1-16-11-13-18(14-12-16)24(28(26,27)19-9-7-6-8-10-19)15-20(25)23-22-17(2)21(3,4)5/h6-14H,15H2,1-5H3,(H,23,25)/b22-17+. The molecular weight excluding hydrogens is 374 g/mol. The fraction of sp³-hybridized carbons (Fsp3) is 0.333. The Labute approximate surface area is 167 Å². The van der Waals surface area contributed by atoms with Crippen LogP contribution in [0, 0.1) is 12.3 Å². The molecule has 0 aliphatic carbocycles. The van der Waals surface area contributed by atoms with Crippen LogP contribution in [-0.4, -0.2) is 26.6 Å². The number of hydrogen-bond acceptors (Lipinski definition) is 4. The number of carbonyl (C=O) groups excluding carboxylic acids is 1. The third-order valence-electron chi connectivity index (χ3n) is 4.37. The maximum atomic E-state index is 13.2. The number of nitrogens with one attached hydrogen (secondary N) is 1. The van der Waals surface area contributed by atoms with Crippen molar-refractivity contribution in [2.45, 2.75) is 39.5 Å². The monoisotopic (exact) mass is 401 g/mol. The molecule has 0 saturated carbocycles. The molecule has 7 heteroatoms. The topological polar surface area (TPSA) is 78.8 Å². The van der Waals surface area contributed by atoms with E-state index >= 15 is 0 Å². The van der Waals surface area contributed by atoms with Crippen molar-refractivity contribution < 1.29 is 13.2 Å². The fourth-order valence-electron chi connectivity index (χ4n) is 2.23. The zero-order chi connectivity index (χ0) is 20.9. The Bertz CT molecular complexity index is 945. The number of sulfonamides is 1. The number of carbonyl (C=O) groups is 1. The van der Waals surface area contributed by atoms with Gasteiger partial charge < -0.3 is 0 Å². The maximum absolute atomic E-state index is 13.2. The molecule has 0 unspecified atom stereocenters. The maximum Gasteiger partial charge on any atom is 0.264 e. The van der Waals surface area contributed by atoms with E-state index < -0.39 is 15.9 Å². The highest BCUT2D eigenvalue weighted by Crippen LogP contribution is 2.24. The van der Waals surface area contributed by atoms with E-state index in [0.717, 1.165) is 15.6 Å². The molecule has 6 nitrogen and oxygen atoms in total. The van der Waals surface area contributed by atoms with E-state index in [0.29, 0.717) is 5.69 Å². The van der Waals surface area contributed by atoms with E-state index in [2.05, 4.69) is 10.5 Å². The zero-order valence-corrected chi connectivity index (χ0v) is 17.7. The molecule has 0 fully saturated rings. The van der Waals surface area contributed by atoms with Crippen LogP contribution in [0.15, 0.2) is 64.6 Å². The van der Waals surface area contributed by atoms with Crippen molar-refractivity contribution in [3.05, 3.63) is 60.2 Å². The number of hydrogen-bond donors (Lipinski definition) is 1. The Morgan fingerprint density at radius 2 is 1.61 bits per heavy atom. The van der Waals surface area contributed by atoms with Crippen LogP contribution >= 0.6 is 0 Å². The van der Waals surface area contributed by atoms with Crippen molar-refractivity contribution >= 4 is 27.3 Å². The van der Waals surface area contributed by atoms with Gasteiger partial charge in [0.1, 0.15) is 6.54 Å². The first-order valence-corrected chi connectivity index (χ1v) is 10.4. The molecule has 0 atom stereocenters. The molecule has 0 heterocycles. The van der Waals surface area contributed by atoms with Crippen molar-refractivity contribution in [2.75, 3.05) is 10.8 Å². The quantitative estimate of drug-likeness (QED) is 0.592. The van der Waals surface area contributed by atoms with Crippen LogP contribution in [0.2, 0.25) is 0 Å². The van der Waals surface area contributed by atoms with Crippen molar-refractivity contribution in [1.29, 1.82) is 0 Å². The number of anilines is 1. The molecule has 2 aromatic carbocycles. The van der Waals surface area contributed by atoms with Crippen molar-refractivity contribution in [1.82, 2.24) is 5.43 Å². The van der Waals surface area contributed by atoms with Crippen LogP contribution in [0.1, 0.15) is 33.3 Å². The van der Waals surface area contributed by atoms with E-state index in [-0.39, 0.29) is 16.9 Å².